The van der Waals surface area contributed by atoms with Crippen molar-refractivity contribution in [2.24, 2.45) is 0 Å². The van der Waals surface area contributed by atoms with Gasteiger partial charge >= 0.3 is 6.36 Å². The molecule has 6 heteroatoms. The number of hydrogen-bond acceptors (Lipinski definition) is 2. The van der Waals surface area contributed by atoms with Crippen molar-refractivity contribution in [2.45, 2.75) is 12.8 Å². The third-order valence-corrected chi connectivity index (χ3v) is 3.65. The van der Waals surface area contributed by atoms with Gasteiger partial charge in [0, 0.05) is 17.8 Å². The third kappa shape index (κ3) is 3.59. The van der Waals surface area contributed by atoms with E-state index in [-0.39, 0.29) is 11.7 Å². The van der Waals surface area contributed by atoms with Gasteiger partial charge in [0.2, 0.25) is 0 Å². The Labute approximate surface area is 137 Å². The number of nitrogens with zero attached hydrogens (tertiary/aromatic N) is 1. The van der Waals surface area contributed by atoms with Crippen molar-refractivity contribution in [2.75, 3.05) is 11.4 Å². The van der Waals surface area contributed by atoms with Gasteiger partial charge in [-0.2, -0.15) is 0 Å². The second kappa shape index (κ2) is 6.39. The Balaban J connectivity index is 1.89. The van der Waals surface area contributed by atoms with Gasteiger partial charge in [0.25, 0.3) is 5.91 Å². The SMILES string of the molecule is O=C1C=CCCN1c1ccc(-c2ccccc2OC(F)(F)F)cc1. The van der Waals surface area contributed by atoms with Crippen LogP contribution in [0.4, 0.5) is 18.9 Å². The predicted molar refractivity (Wildman–Crippen MR) is 84.7 cm³/mol. The maximum atomic E-state index is 12.5. The van der Waals surface area contributed by atoms with Crippen LogP contribution in [0, 0.1) is 0 Å². The Morgan fingerprint density at radius 3 is 2.38 bits per heavy atom. The number of amides is 1. The highest BCUT2D eigenvalue weighted by atomic mass is 19.4. The zero-order chi connectivity index (χ0) is 17.2. The van der Waals surface area contributed by atoms with E-state index in [0.29, 0.717) is 23.4 Å². The zero-order valence-electron chi connectivity index (χ0n) is 12.6. The second-order valence-electron chi connectivity index (χ2n) is 5.27. The molecule has 0 aromatic heterocycles. The molecule has 0 N–H and O–H groups in total. The number of halogens is 3. The fourth-order valence-electron chi connectivity index (χ4n) is 2.58. The Kier molecular flexibility index (Phi) is 4.29. The van der Waals surface area contributed by atoms with E-state index in [1.54, 1.807) is 41.3 Å². The first-order chi connectivity index (χ1) is 11.4. The monoisotopic (exact) mass is 333 g/mol. The van der Waals surface area contributed by atoms with Gasteiger partial charge in [-0.05, 0) is 36.3 Å². The van der Waals surface area contributed by atoms with E-state index in [9.17, 15) is 18.0 Å². The summed E-state index contributed by atoms with van der Waals surface area (Å²) in [5.41, 5.74) is 1.63. The average Bonchev–Trinajstić information content (AvgIpc) is 2.55. The van der Waals surface area contributed by atoms with Gasteiger partial charge in [0.1, 0.15) is 5.75 Å². The van der Waals surface area contributed by atoms with Gasteiger partial charge in [-0.1, -0.05) is 36.4 Å². The maximum Gasteiger partial charge on any atom is 0.573 e. The van der Waals surface area contributed by atoms with Crippen LogP contribution in [0.2, 0.25) is 0 Å². The minimum atomic E-state index is -4.75. The zero-order valence-corrected chi connectivity index (χ0v) is 12.6. The van der Waals surface area contributed by atoms with Crippen LogP contribution >= 0.6 is 0 Å². The lowest BCUT2D eigenvalue weighted by Gasteiger charge is -2.23. The van der Waals surface area contributed by atoms with Gasteiger partial charge in [-0.3, -0.25) is 4.79 Å². The minimum absolute atomic E-state index is 0.102. The van der Waals surface area contributed by atoms with Crippen molar-refractivity contribution in [1.82, 2.24) is 0 Å². The molecule has 0 aliphatic carbocycles. The molecule has 2 aromatic rings. The smallest absolute Gasteiger partial charge is 0.405 e. The first-order valence-corrected chi connectivity index (χ1v) is 7.37. The lowest BCUT2D eigenvalue weighted by atomic mass is 10.0. The quantitative estimate of drug-likeness (QED) is 0.825. The van der Waals surface area contributed by atoms with E-state index in [2.05, 4.69) is 4.74 Å². The van der Waals surface area contributed by atoms with Crippen molar-refractivity contribution in [3.05, 3.63) is 60.7 Å². The van der Waals surface area contributed by atoms with Crippen LogP contribution in [-0.4, -0.2) is 18.8 Å². The highest BCUT2D eigenvalue weighted by molar-refractivity contribution is 6.02. The molecule has 0 atom stereocenters. The number of hydrogen-bond donors (Lipinski definition) is 0. The summed E-state index contributed by atoms with van der Waals surface area (Å²) in [7, 11) is 0. The van der Waals surface area contributed by atoms with Gasteiger partial charge in [0.15, 0.2) is 0 Å². The van der Waals surface area contributed by atoms with Crippen LogP contribution in [0.3, 0.4) is 0 Å². The summed E-state index contributed by atoms with van der Waals surface area (Å²) in [6.45, 7) is 0.586. The fraction of sp³-hybridized carbons (Fsp3) is 0.167. The molecule has 3 nitrogen and oxygen atoms in total. The Bertz CT molecular complexity index is 767. The number of carbonyl (C=O) groups is 1. The van der Waals surface area contributed by atoms with Crippen LogP contribution in [0.1, 0.15) is 6.42 Å². The van der Waals surface area contributed by atoms with Gasteiger partial charge in [-0.25, -0.2) is 0 Å². The summed E-state index contributed by atoms with van der Waals surface area (Å²) < 4.78 is 41.6. The number of para-hydroxylation sites is 1. The van der Waals surface area contributed by atoms with Crippen molar-refractivity contribution in [3.63, 3.8) is 0 Å². The molecule has 0 bridgehead atoms. The van der Waals surface area contributed by atoms with Crippen molar-refractivity contribution < 1.29 is 22.7 Å². The summed E-state index contributed by atoms with van der Waals surface area (Å²) in [6.07, 6.45) is -0.639. The van der Waals surface area contributed by atoms with E-state index in [1.165, 1.54) is 18.2 Å². The molecule has 1 aliphatic heterocycles. The molecule has 2 aromatic carbocycles. The number of benzene rings is 2. The lowest BCUT2D eigenvalue weighted by Crippen LogP contribution is -2.32. The molecule has 24 heavy (non-hydrogen) atoms. The van der Waals surface area contributed by atoms with Crippen LogP contribution in [0.5, 0.6) is 5.75 Å². The van der Waals surface area contributed by atoms with Crippen LogP contribution < -0.4 is 9.64 Å². The van der Waals surface area contributed by atoms with Gasteiger partial charge < -0.3 is 9.64 Å². The Morgan fingerprint density at radius 1 is 1.00 bits per heavy atom. The number of carbonyl (C=O) groups excluding carboxylic acids is 1. The van der Waals surface area contributed by atoms with Crippen LogP contribution in [0.15, 0.2) is 60.7 Å². The average molecular weight is 333 g/mol. The summed E-state index contributed by atoms with van der Waals surface area (Å²) in [4.78, 5) is 13.5. The highest BCUT2D eigenvalue weighted by Crippen LogP contribution is 2.34. The molecule has 0 fully saturated rings. The van der Waals surface area contributed by atoms with Crippen molar-refractivity contribution in [3.8, 4) is 16.9 Å². The Morgan fingerprint density at radius 2 is 1.71 bits per heavy atom. The number of rotatable bonds is 3. The molecule has 1 heterocycles. The minimum Gasteiger partial charge on any atom is -0.405 e. The largest absolute Gasteiger partial charge is 0.573 e. The molecule has 3 rings (SSSR count). The van der Waals surface area contributed by atoms with E-state index in [0.717, 1.165) is 6.42 Å². The second-order valence-corrected chi connectivity index (χ2v) is 5.27. The maximum absolute atomic E-state index is 12.5. The van der Waals surface area contributed by atoms with Crippen molar-refractivity contribution in [1.29, 1.82) is 0 Å². The molecule has 1 amide bonds. The molecule has 0 saturated carbocycles. The molecule has 0 unspecified atom stereocenters. The van der Waals surface area contributed by atoms with Crippen LogP contribution in [0.25, 0.3) is 11.1 Å². The number of anilines is 1. The summed E-state index contributed by atoms with van der Waals surface area (Å²) in [5.74, 6) is -0.357. The first kappa shape index (κ1) is 16.1. The Hall–Kier alpha value is -2.76. The highest BCUT2D eigenvalue weighted by Gasteiger charge is 2.32. The normalized spacial score (nSPS) is 14.8. The van der Waals surface area contributed by atoms with Gasteiger partial charge in [-0.15, -0.1) is 13.2 Å². The van der Waals surface area contributed by atoms with Crippen molar-refractivity contribution >= 4 is 11.6 Å². The number of alkyl halides is 3. The molecule has 0 saturated heterocycles. The number of ether oxygens (including phenoxy) is 1. The molecule has 1 aliphatic rings. The van der Waals surface area contributed by atoms with E-state index in [4.69, 9.17) is 0 Å². The molecular formula is C18H14F3NO2. The topological polar surface area (TPSA) is 29.5 Å². The van der Waals surface area contributed by atoms with Crippen LogP contribution in [-0.2, 0) is 4.79 Å². The van der Waals surface area contributed by atoms with E-state index >= 15 is 0 Å². The molecule has 0 radical (unpaired) electrons. The summed E-state index contributed by atoms with van der Waals surface area (Å²) in [5, 5.41) is 0. The van der Waals surface area contributed by atoms with E-state index < -0.39 is 6.36 Å². The fourth-order valence-corrected chi connectivity index (χ4v) is 2.58. The standard InChI is InChI=1S/C18H14F3NO2/c19-18(20,21)24-16-6-2-1-5-15(16)13-8-10-14(11-9-13)22-12-4-3-7-17(22)23/h1-3,5-11H,4,12H2. The summed E-state index contributed by atoms with van der Waals surface area (Å²) >= 11 is 0. The third-order valence-electron chi connectivity index (χ3n) is 3.65. The first-order valence-electron chi connectivity index (χ1n) is 7.37. The predicted octanol–water partition coefficient (Wildman–Crippen LogP) is 4.55. The molecule has 124 valence electrons. The molecule has 0 spiro atoms. The molecular weight excluding hydrogens is 319 g/mol. The lowest BCUT2D eigenvalue weighted by molar-refractivity contribution is -0.274. The van der Waals surface area contributed by atoms with Gasteiger partial charge in [0.05, 0.1) is 0 Å². The summed E-state index contributed by atoms with van der Waals surface area (Å²) in [6, 6.07) is 12.8. The van der Waals surface area contributed by atoms with E-state index in [1.807, 2.05) is 6.08 Å².